The van der Waals surface area contributed by atoms with E-state index in [9.17, 15) is 0 Å². The smallest absolute Gasteiger partial charge is 0.122 e. The van der Waals surface area contributed by atoms with Gasteiger partial charge in [0.05, 0.1) is 13.2 Å². The number of likely N-dealkylation sites (N-methyl/N-ethyl adjacent to an activating group) is 1. The molecule has 0 spiro atoms. The van der Waals surface area contributed by atoms with Gasteiger partial charge in [0.25, 0.3) is 0 Å². The molecular formula is C13H24N4O. The highest BCUT2D eigenvalue weighted by atomic mass is 16.5. The van der Waals surface area contributed by atoms with Crippen molar-refractivity contribution in [1.82, 2.24) is 14.5 Å². The van der Waals surface area contributed by atoms with E-state index in [2.05, 4.69) is 28.4 Å². The van der Waals surface area contributed by atoms with Crippen molar-refractivity contribution in [2.24, 2.45) is 18.7 Å². The lowest BCUT2D eigenvalue weighted by molar-refractivity contribution is 0.0584. The van der Waals surface area contributed by atoms with Crippen LogP contribution in [0.1, 0.15) is 19.2 Å². The third-order valence-electron chi connectivity index (χ3n) is 4.39. The van der Waals surface area contributed by atoms with Crippen LogP contribution in [0.2, 0.25) is 0 Å². The first kappa shape index (κ1) is 13.5. The van der Waals surface area contributed by atoms with E-state index in [0.717, 1.165) is 32.0 Å². The number of aryl methyl sites for hydroxylation is 1. The average molecular weight is 252 g/mol. The van der Waals surface area contributed by atoms with Crippen LogP contribution in [-0.2, 0) is 18.3 Å². The highest BCUT2D eigenvalue weighted by Crippen LogP contribution is 2.30. The van der Waals surface area contributed by atoms with Crippen LogP contribution in [-0.4, -0.2) is 46.8 Å². The van der Waals surface area contributed by atoms with Crippen LogP contribution in [0.25, 0.3) is 0 Å². The zero-order valence-corrected chi connectivity index (χ0v) is 11.6. The molecule has 1 fully saturated rings. The predicted octanol–water partition coefficient (Wildman–Crippen LogP) is 0.606. The molecule has 102 valence electrons. The molecule has 2 rings (SSSR count). The quantitative estimate of drug-likeness (QED) is 0.834. The number of aromatic nitrogens is 2. The van der Waals surface area contributed by atoms with Crippen LogP contribution in [0.15, 0.2) is 12.4 Å². The Balaban J connectivity index is 2.09. The number of ether oxygens (including phenoxy) is 1. The van der Waals surface area contributed by atoms with Gasteiger partial charge in [0.1, 0.15) is 5.82 Å². The van der Waals surface area contributed by atoms with E-state index in [1.165, 1.54) is 0 Å². The van der Waals surface area contributed by atoms with E-state index >= 15 is 0 Å². The van der Waals surface area contributed by atoms with Crippen LogP contribution in [0.3, 0.4) is 0 Å². The molecule has 0 bridgehead atoms. The summed E-state index contributed by atoms with van der Waals surface area (Å²) in [6, 6.07) is 0. The molecule has 18 heavy (non-hydrogen) atoms. The summed E-state index contributed by atoms with van der Waals surface area (Å²) in [7, 11) is 4.15. The molecule has 0 radical (unpaired) electrons. The lowest BCUT2D eigenvalue weighted by atomic mass is 9.83. The van der Waals surface area contributed by atoms with E-state index < -0.39 is 0 Å². The monoisotopic (exact) mass is 252 g/mol. The normalized spacial score (nSPS) is 23.5. The second kappa shape index (κ2) is 5.38. The Labute approximate surface area is 109 Å². The van der Waals surface area contributed by atoms with Crippen molar-refractivity contribution < 1.29 is 4.74 Å². The molecule has 0 saturated carbocycles. The minimum Gasteiger partial charge on any atom is -0.381 e. The molecule has 5 nitrogen and oxygen atoms in total. The molecule has 5 heteroatoms. The molecule has 1 saturated heterocycles. The van der Waals surface area contributed by atoms with E-state index in [-0.39, 0.29) is 5.54 Å². The Hall–Kier alpha value is -0.910. The fraction of sp³-hybridized carbons (Fsp3) is 0.769. The average Bonchev–Trinajstić information content (AvgIpc) is 3.01. The van der Waals surface area contributed by atoms with Gasteiger partial charge in [0, 0.05) is 44.0 Å². The molecular weight excluding hydrogens is 228 g/mol. The maximum Gasteiger partial charge on any atom is 0.122 e. The fourth-order valence-corrected chi connectivity index (χ4v) is 2.60. The summed E-state index contributed by atoms with van der Waals surface area (Å²) in [6.45, 7) is 5.36. The van der Waals surface area contributed by atoms with Gasteiger partial charge in [-0.25, -0.2) is 4.98 Å². The van der Waals surface area contributed by atoms with E-state index in [1.807, 2.05) is 19.4 Å². The van der Waals surface area contributed by atoms with Gasteiger partial charge in [-0.1, -0.05) is 0 Å². The molecule has 2 atom stereocenters. The maximum atomic E-state index is 6.03. The summed E-state index contributed by atoms with van der Waals surface area (Å²) in [5, 5.41) is 0. The van der Waals surface area contributed by atoms with Gasteiger partial charge in [-0.15, -0.1) is 0 Å². The molecule has 1 aliphatic rings. The highest BCUT2D eigenvalue weighted by molar-refractivity contribution is 4.98. The maximum absolute atomic E-state index is 6.03. The molecule has 1 aliphatic heterocycles. The fourth-order valence-electron chi connectivity index (χ4n) is 2.60. The molecule has 2 heterocycles. The first-order chi connectivity index (χ1) is 8.58. The van der Waals surface area contributed by atoms with Crippen LogP contribution < -0.4 is 5.73 Å². The van der Waals surface area contributed by atoms with Crippen LogP contribution >= 0.6 is 0 Å². The highest BCUT2D eigenvalue weighted by Gasteiger charge is 2.39. The van der Waals surface area contributed by atoms with E-state index in [4.69, 9.17) is 10.5 Å². The third-order valence-corrected chi connectivity index (χ3v) is 4.39. The summed E-state index contributed by atoms with van der Waals surface area (Å²) in [4.78, 5) is 6.69. The van der Waals surface area contributed by atoms with Gasteiger partial charge in [-0.05, 0) is 20.4 Å². The van der Waals surface area contributed by atoms with E-state index in [1.54, 1.807) is 0 Å². The Kier molecular flexibility index (Phi) is 4.04. The summed E-state index contributed by atoms with van der Waals surface area (Å²) >= 11 is 0. The summed E-state index contributed by atoms with van der Waals surface area (Å²) < 4.78 is 7.57. The van der Waals surface area contributed by atoms with Crippen molar-refractivity contribution in [3.05, 3.63) is 18.2 Å². The van der Waals surface area contributed by atoms with Crippen molar-refractivity contribution in [2.45, 2.75) is 25.4 Å². The van der Waals surface area contributed by atoms with Crippen LogP contribution in [0.4, 0.5) is 0 Å². The minimum absolute atomic E-state index is 0.0253. The first-order valence-corrected chi connectivity index (χ1v) is 6.53. The molecule has 0 amide bonds. The van der Waals surface area contributed by atoms with Crippen molar-refractivity contribution in [2.75, 3.05) is 26.8 Å². The SMILES string of the molecule is CN(Cc1nccn1C)C(C)(CN)C1CCOC1. The lowest BCUT2D eigenvalue weighted by Gasteiger charge is -2.42. The van der Waals surface area contributed by atoms with Gasteiger partial charge in [-0.3, -0.25) is 4.90 Å². The van der Waals surface area contributed by atoms with Gasteiger partial charge in [-0.2, -0.15) is 0 Å². The second-order valence-corrected chi connectivity index (χ2v) is 5.43. The topological polar surface area (TPSA) is 56.3 Å². The molecule has 2 unspecified atom stereocenters. The Morgan fingerprint density at radius 2 is 2.44 bits per heavy atom. The molecule has 1 aromatic heterocycles. The third kappa shape index (κ3) is 2.43. The van der Waals surface area contributed by atoms with Crippen molar-refractivity contribution in [1.29, 1.82) is 0 Å². The van der Waals surface area contributed by atoms with Gasteiger partial charge in [0.2, 0.25) is 0 Å². The van der Waals surface area contributed by atoms with Crippen molar-refractivity contribution >= 4 is 0 Å². The first-order valence-electron chi connectivity index (χ1n) is 6.53. The summed E-state index contributed by atoms with van der Waals surface area (Å²) in [5.41, 5.74) is 6.00. The number of nitrogens with zero attached hydrogens (tertiary/aromatic N) is 3. The second-order valence-electron chi connectivity index (χ2n) is 5.43. The van der Waals surface area contributed by atoms with E-state index in [0.29, 0.717) is 12.5 Å². The number of rotatable bonds is 5. The van der Waals surface area contributed by atoms with Crippen LogP contribution in [0.5, 0.6) is 0 Å². The molecule has 0 aromatic carbocycles. The number of hydrogen-bond donors (Lipinski definition) is 1. The molecule has 0 aliphatic carbocycles. The Morgan fingerprint density at radius 3 is 2.94 bits per heavy atom. The summed E-state index contributed by atoms with van der Waals surface area (Å²) in [6.07, 6.45) is 4.90. The Morgan fingerprint density at radius 1 is 1.67 bits per heavy atom. The Bertz CT molecular complexity index is 386. The number of nitrogens with two attached hydrogens (primary N) is 1. The summed E-state index contributed by atoms with van der Waals surface area (Å²) in [5.74, 6) is 1.57. The zero-order chi connectivity index (χ0) is 13.2. The standard InChI is InChI=1S/C13H24N4O/c1-13(10-14,11-4-7-18-9-11)17(3)8-12-15-5-6-16(12)2/h5-6,11H,4,7-10,14H2,1-3H3. The van der Waals surface area contributed by atoms with Crippen molar-refractivity contribution in [3.8, 4) is 0 Å². The predicted molar refractivity (Wildman–Crippen MR) is 71.1 cm³/mol. The molecule has 2 N–H and O–H groups in total. The van der Waals surface area contributed by atoms with Gasteiger partial charge in [0.15, 0.2) is 0 Å². The minimum atomic E-state index is -0.0253. The molecule has 1 aromatic rings. The zero-order valence-electron chi connectivity index (χ0n) is 11.6. The van der Waals surface area contributed by atoms with Crippen LogP contribution in [0, 0.1) is 5.92 Å². The number of imidazole rings is 1. The largest absolute Gasteiger partial charge is 0.381 e. The van der Waals surface area contributed by atoms with Gasteiger partial charge >= 0.3 is 0 Å². The van der Waals surface area contributed by atoms with Crippen molar-refractivity contribution in [3.63, 3.8) is 0 Å². The number of hydrogen-bond acceptors (Lipinski definition) is 4. The lowest BCUT2D eigenvalue weighted by Crippen LogP contribution is -2.55. The van der Waals surface area contributed by atoms with Gasteiger partial charge < -0.3 is 15.0 Å².